The average molecular weight is 381 g/mol. The van der Waals surface area contributed by atoms with Gasteiger partial charge in [-0.2, -0.15) is 0 Å². The van der Waals surface area contributed by atoms with Gasteiger partial charge in [0, 0.05) is 12.1 Å². The van der Waals surface area contributed by atoms with Gasteiger partial charge in [0.25, 0.3) is 0 Å². The van der Waals surface area contributed by atoms with Crippen LogP contribution in [-0.2, 0) is 16.1 Å². The lowest BCUT2D eigenvalue weighted by molar-refractivity contribution is -0.136. The van der Waals surface area contributed by atoms with Crippen molar-refractivity contribution in [3.8, 4) is 5.75 Å². The highest BCUT2D eigenvalue weighted by Gasteiger charge is 2.42. The predicted molar refractivity (Wildman–Crippen MR) is 105 cm³/mol. The van der Waals surface area contributed by atoms with Crippen LogP contribution in [0.3, 0.4) is 0 Å². The van der Waals surface area contributed by atoms with Crippen LogP contribution < -0.4 is 4.74 Å². The molecule has 0 amide bonds. The standard InChI is InChI=1S/C23H24FNO3/c1-25-17-9-10-20(25)22(23(26)27-2)18(13-17)16-8-11-21(19(24)12-16)28-14-15-6-4-3-5-7-15/h3-8,11-12,17,20H,9-10,13-14H2,1-2H3/t17-,20+/m0/s1. The summed E-state index contributed by atoms with van der Waals surface area (Å²) in [6.45, 7) is 0.308. The number of nitrogens with zero attached hydrogens (tertiary/aromatic N) is 1. The zero-order valence-corrected chi connectivity index (χ0v) is 16.2. The second-order valence-corrected chi connectivity index (χ2v) is 7.42. The summed E-state index contributed by atoms with van der Waals surface area (Å²) in [7, 11) is 3.44. The van der Waals surface area contributed by atoms with Gasteiger partial charge >= 0.3 is 5.97 Å². The van der Waals surface area contributed by atoms with E-state index in [0.717, 1.165) is 36.0 Å². The number of methoxy groups -OCH3 is 1. The maximum absolute atomic E-state index is 14.7. The Morgan fingerprint density at radius 3 is 2.68 bits per heavy atom. The fraction of sp³-hybridized carbons (Fsp3) is 0.348. The maximum atomic E-state index is 14.7. The lowest BCUT2D eigenvalue weighted by Gasteiger charge is -2.34. The highest BCUT2D eigenvalue weighted by molar-refractivity contribution is 5.99. The van der Waals surface area contributed by atoms with Crippen molar-refractivity contribution in [1.82, 2.24) is 4.90 Å². The van der Waals surface area contributed by atoms with Crippen molar-refractivity contribution in [1.29, 1.82) is 0 Å². The molecular weight excluding hydrogens is 357 g/mol. The van der Waals surface area contributed by atoms with E-state index in [1.54, 1.807) is 6.07 Å². The number of ether oxygens (including phenoxy) is 2. The molecule has 4 rings (SSSR count). The fourth-order valence-electron chi connectivity index (χ4n) is 4.34. The third-order valence-electron chi connectivity index (χ3n) is 5.86. The van der Waals surface area contributed by atoms with Crippen LogP contribution in [0, 0.1) is 5.82 Å². The monoisotopic (exact) mass is 381 g/mol. The first kappa shape index (κ1) is 18.7. The quantitative estimate of drug-likeness (QED) is 0.728. The minimum absolute atomic E-state index is 0.0401. The number of carbonyl (C=O) groups is 1. The molecule has 2 aromatic rings. The van der Waals surface area contributed by atoms with E-state index in [1.807, 2.05) is 43.4 Å². The van der Waals surface area contributed by atoms with Crippen LogP contribution in [0.15, 0.2) is 54.1 Å². The second-order valence-electron chi connectivity index (χ2n) is 7.42. The first-order valence-corrected chi connectivity index (χ1v) is 9.58. The van der Waals surface area contributed by atoms with E-state index in [-0.39, 0.29) is 17.8 Å². The number of halogens is 1. The molecule has 0 aliphatic carbocycles. The molecule has 28 heavy (non-hydrogen) atoms. The van der Waals surface area contributed by atoms with Crippen molar-refractivity contribution in [2.24, 2.45) is 0 Å². The molecule has 5 heteroatoms. The number of carbonyl (C=O) groups excluding carboxylic acids is 1. The van der Waals surface area contributed by atoms with Gasteiger partial charge in [0.1, 0.15) is 6.61 Å². The largest absolute Gasteiger partial charge is 0.486 e. The van der Waals surface area contributed by atoms with Crippen molar-refractivity contribution in [2.75, 3.05) is 14.2 Å². The van der Waals surface area contributed by atoms with Crippen LogP contribution in [0.4, 0.5) is 4.39 Å². The topological polar surface area (TPSA) is 38.8 Å². The summed E-state index contributed by atoms with van der Waals surface area (Å²) in [4.78, 5) is 14.7. The molecule has 146 valence electrons. The van der Waals surface area contributed by atoms with Crippen LogP contribution in [0.2, 0.25) is 0 Å². The zero-order valence-electron chi connectivity index (χ0n) is 16.2. The normalized spacial score (nSPS) is 21.7. The number of hydrogen-bond donors (Lipinski definition) is 0. The Labute approximate surface area is 164 Å². The van der Waals surface area contributed by atoms with Gasteiger partial charge in [0.2, 0.25) is 0 Å². The minimum atomic E-state index is -0.420. The molecule has 1 saturated heterocycles. The third-order valence-corrected chi connectivity index (χ3v) is 5.86. The van der Waals surface area contributed by atoms with E-state index in [0.29, 0.717) is 18.2 Å². The Bertz CT molecular complexity index is 909. The van der Waals surface area contributed by atoms with Gasteiger partial charge in [-0.15, -0.1) is 0 Å². The Hall–Kier alpha value is -2.66. The Morgan fingerprint density at radius 1 is 1.18 bits per heavy atom. The molecule has 0 saturated carbocycles. The maximum Gasteiger partial charge on any atom is 0.335 e. The third kappa shape index (κ3) is 3.42. The molecule has 0 aromatic heterocycles. The van der Waals surface area contributed by atoms with Gasteiger partial charge in [-0.25, -0.2) is 9.18 Å². The predicted octanol–water partition coefficient (Wildman–Crippen LogP) is 4.20. The molecule has 4 nitrogen and oxygen atoms in total. The molecule has 2 aromatic carbocycles. The molecule has 0 unspecified atom stereocenters. The lowest BCUT2D eigenvalue weighted by Crippen LogP contribution is -2.40. The summed E-state index contributed by atoms with van der Waals surface area (Å²) in [6.07, 6.45) is 2.68. The molecular formula is C23H24FNO3. The highest BCUT2D eigenvalue weighted by atomic mass is 19.1. The van der Waals surface area contributed by atoms with Crippen LogP contribution in [0.1, 0.15) is 30.4 Å². The summed E-state index contributed by atoms with van der Waals surface area (Å²) in [5.41, 5.74) is 3.27. The van der Waals surface area contributed by atoms with E-state index < -0.39 is 5.82 Å². The van der Waals surface area contributed by atoms with Gasteiger partial charge in [-0.05, 0) is 55.1 Å². The van der Waals surface area contributed by atoms with Gasteiger partial charge in [-0.3, -0.25) is 4.90 Å². The Balaban J connectivity index is 1.62. The summed E-state index contributed by atoms with van der Waals surface area (Å²) in [6, 6.07) is 15.0. The van der Waals surface area contributed by atoms with Crippen molar-refractivity contribution in [2.45, 2.75) is 38.0 Å². The van der Waals surface area contributed by atoms with Crippen LogP contribution >= 0.6 is 0 Å². The molecule has 0 N–H and O–H groups in total. The summed E-state index contributed by atoms with van der Waals surface area (Å²) in [5.74, 6) is -0.530. The highest BCUT2D eigenvalue weighted by Crippen LogP contribution is 2.43. The molecule has 0 spiro atoms. The van der Waals surface area contributed by atoms with Crippen molar-refractivity contribution in [3.63, 3.8) is 0 Å². The lowest BCUT2D eigenvalue weighted by atomic mass is 9.88. The van der Waals surface area contributed by atoms with Gasteiger partial charge in [0.05, 0.1) is 12.7 Å². The van der Waals surface area contributed by atoms with E-state index in [2.05, 4.69) is 4.90 Å². The second kappa shape index (κ2) is 7.76. The SMILES string of the molecule is COC(=O)C1=C(c2ccc(OCc3ccccc3)c(F)c2)C[C@@H]2CC[C@H]1N2C. The first-order valence-electron chi connectivity index (χ1n) is 9.58. The smallest absolute Gasteiger partial charge is 0.335 e. The summed E-state index contributed by atoms with van der Waals surface area (Å²) in [5, 5.41) is 0. The molecule has 2 bridgehead atoms. The molecule has 2 aliphatic heterocycles. The number of likely N-dealkylation sites (N-methyl/N-ethyl adjacent to an activating group) is 1. The molecule has 2 atom stereocenters. The van der Waals surface area contributed by atoms with E-state index in [9.17, 15) is 9.18 Å². The number of hydrogen-bond acceptors (Lipinski definition) is 4. The Morgan fingerprint density at radius 2 is 1.96 bits per heavy atom. The molecule has 0 radical (unpaired) electrons. The number of fused-ring (bicyclic) bond motifs is 2. The van der Waals surface area contributed by atoms with Crippen LogP contribution in [0.25, 0.3) is 5.57 Å². The molecule has 1 fully saturated rings. The number of benzene rings is 2. The number of rotatable bonds is 5. The first-order chi connectivity index (χ1) is 13.6. The number of esters is 1. The van der Waals surface area contributed by atoms with Gasteiger partial charge < -0.3 is 9.47 Å². The molecule has 2 aliphatic rings. The van der Waals surface area contributed by atoms with Crippen LogP contribution in [-0.4, -0.2) is 37.1 Å². The zero-order chi connectivity index (χ0) is 19.7. The van der Waals surface area contributed by atoms with Crippen LogP contribution in [0.5, 0.6) is 5.75 Å². The molecule has 2 heterocycles. The van der Waals surface area contributed by atoms with Crippen molar-refractivity contribution < 1.29 is 18.7 Å². The summed E-state index contributed by atoms with van der Waals surface area (Å²) < 4.78 is 25.4. The Kier molecular flexibility index (Phi) is 5.18. The minimum Gasteiger partial charge on any atom is -0.486 e. The van der Waals surface area contributed by atoms with E-state index in [4.69, 9.17) is 9.47 Å². The van der Waals surface area contributed by atoms with Crippen molar-refractivity contribution >= 4 is 11.5 Å². The van der Waals surface area contributed by atoms with E-state index in [1.165, 1.54) is 13.2 Å². The fourth-order valence-corrected chi connectivity index (χ4v) is 4.34. The van der Waals surface area contributed by atoms with E-state index >= 15 is 0 Å². The average Bonchev–Trinajstić information content (AvgIpc) is 2.95. The van der Waals surface area contributed by atoms with Gasteiger partial charge in [0.15, 0.2) is 11.6 Å². The van der Waals surface area contributed by atoms with Crippen molar-refractivity contribution in [3.05, 3.63) is 71.0 Å². The summed E-state index contributed by atoms with van der Waals surface area (Å²) >= 11 is 0. The van der Waals surface area contributed by atoms with Gasteiger partial charge in [-0.1, -0.05) is 36.4 Å².